The maximum atomic E-state index is 12.8. The first-order valence-corrected chi connectivity index (χ1v) is 10.1. The second-order valence-electron chi connectivity index (χ2n) is 7.36. The third-order valence-corrected chi connectivity index (χ3v) is 5.53. The standard InChI is InChI=1S/C21H28N6O/c28-21(27-16-14-26(15-17-27)20-7-2-4-9-23-20)18-24-10-5-11-25(13-12-24)19-6-1-3-8-22-19/h1-4,6-9H,5,10-18H2. The van der Waals surface area contributed by atoms with E-state index < -0.39 is 0 Å². The average Bonchev–Trinajstić information content (AvgIpc) is 3.01. The largest absolute Gasteiger partial charge is 0.355 e. The van der Waals surface area contributed by atoms with Gasteiger partial charge in [-0.25, -0.2) is 9.97 Å². The lowest BCUT2D eigenvalue weighted by atomic mass is 10.3. The van der Waals surface area contributed by atoms with Crippen molar-refractivity contribution in [3.63, 3.8) is 0 Å². The van der Waals surface area contributed by atoms with E-state index in [4.69, 9.17) is 0 Å². The topological polar surface area (TPSA) is 55.8 Å². The molecule has 0 spiro atoms. The first kappa shape index (κ1) is 18.7. The molecule has 0 aliphatic carbocycles. The molecule has 4 heterocycles. The number of amides is 1. The monoisotopic (exact) mass is 380 g/mol. The van der Waals surface area contributed by atoms with Crippen LogP contribution < -0.4 is 9.80 Å². The molecule has 1 amide bonds. The highest BCUT2D eigenvalue weighted by Gasteiger charge is 2.24. The van der Waals surface area contributed by atoms with Gasteiger partial charge in [0.15, 0.2) is 0 Å². The summed E-state index contributed by atoms with van der Waals surface area (Å²) in [7, 11) is 0. The molecule has 0 unspecified atom stereocenters. The Kier molecular flexibility index (Phi) is 6.01. The van der Waals surface area contributed by atoms with Crippen LogP contribution >= 0.6 is 0 Å². The maximum absolute atomic E-state index is 12.8. The molecule has 0 saturated carbocycles. The Labute approximate surface area is 166 Å². The number of carbonyl (C=O) groups is 1. The average molecular weight is 380 g/mol. The van der Waals surface area contributed by atoms with Crippen LogP contribution in [0.5, 0.6) is 0 Å². The van der Waals surface area contributed by atoms with Crippen molar-refractivity contribution in [1.29, 1.82) is 0 Å². The number of hydrogen-bond donors (Lipinski definition) is 0. The van der Waals surface area contributed by atoms with Crippen molar-refractivity contribution in [2.24, 2.45) is 0 Å². The fourth-order valence-corrected chi connectivity index (χ4v) is 3.92. The minimum Gasteiger partial charge on any atom is -0.355 e. The molecule has 0 aromatic carbocycles. The number of pyridine rings is 2. The molecule has 0 N–H and O–H groups in total. The number of piperazine rings is 1. The lowest BCUT2D eigenvalue weighted by molar-refractivity contribution is -0.132. The summed E-state index contributed by atoms with van der Waals surface area (Å²) in [6.07, 6.45) is 4.71. The van der Waals surface area contributed by atoms with Crippen LogP contribution in [0.4, 0.5) is 11.6 Å². The number of nitrogens with zero attached hydrogens (tertiary/aromatic N) is 6. The molecule has 2 fully saturated rings. The van der Waals surface area contributed by atoms with Crippen LogP contribution in [0.2, 0.25) is 0 Å². The maximum Gasteiger partial charge on any atom is 0.236 e. The number of carbonyl (C=O) groups excluding carboxylic acids is 1. The van der Waals surface area contributed by atoms with E-state index in [2.05, 4.69) is 30.7 Å². The van der Waals surface area contributed by atoms with Gasteiger partial charge in [-0.15, -0.1) is 0 Å². The summed E-state index contributed by atoms with van der Waals surface area (Å²) in [6.45, 7) is 7.50. The van der Waals surface area contributed by atoms with E-state index in [0.717, 1.165) is 70.4 Å². The minimum absolute atomic E-state index is 0.243. The second-order valence-corrected chi connectivity index (χ2v) is 7.36. The third kappa shape index (κ3) is 4.59. The lowest BCUT2D eigenvalue weighted by Gasteiger charge is -2.36. The van der Waals surface area contributed by atoms with E-state index in [9.17, 15) is 4.79 Å². The Morgan fingerprint density at radius 1 is 0.750 bits per heavy atom. The predicted molar refractivity (Wildman–Crippen MR) is 111 cm³/mol. The third-order valence-electron chi connectivity index (χ3n) is 5.53. The zero-order valence-electron chi connectivity index (χ0n) is 16.3. The highest BCUT2D eigenvalue weighted by atomic mass is 16.2. The van der Waals surface area contributed by atoms with Gasteiger partial charge in [0.25, 0.3) is 0 Å². The summed E-state index contributed by atoms with van der Waals surface area (Å²) < 4.78 is 0. The highest BCUT2D eigenvalue weighted by Crippen LogP contribution is 2.15. The Bertz CT molecular complexity index is 748. The van der Waals surface area contributed by atoms with Gasteiger partial charge in [0, 0.05) is 64.8 Å². The predicted octanol–water partition coefficient (Wildman–Crippen LogP) is 1.34. The van der Waals surface area contributed by atoms with Crippen LogP contribution in [0, 0.1) is 0 Å². The Balaban J connectivity index is 1.25. The van der Waals surface area contributed by atoms with Gasteiger partial charge in [0.05, 0.1) is 6.54 Å². The van der Waals surface area contributed by atoms with Crippen LogP contribution in [-0.4, -0.2) is 84.6 Å². The first-order chi connectivity index (χ1) is 13.8. The van der Waals surface area contributed by atoms with Crippen LogP contribution in [-0.2, 0) is 4.79 Å². The van der Waals surface area contributed by atoms with E-state index in [0.29, 0.717) is 6.54 Å². The van der Waals surface area contributed by atoms with Gasteiger partial charge < -0.3 is 14.7 Å². The quantitative estimate of drug-likeness (QED) is 0.798. The smallest absolute Gasteiger partial charge is 0.236 e. The number of rotatable bonds is 4. The summed E-state index contributed by atoms with van der Waals surface area (Å²) in [5, 5.41) is 0. The van der Waals surface area contributed by atoms with E-state index in [1.807, 2.05) is 47.6 Å². The molecule has 2 aromatic rings. The van der Waals surface area contributed by atoms with Crippen LogP contribution in [0.15, 0.2) is 48.8 Å². The Morgan fingerprint density at radius 2 is 1.36 bits per heavy atom. The molecular formula is C21H28N6O. The summed E-state index contributed by atoms with van der Waals surface area (Å²) >= 11 is 0. The van der Waals surface area contributed by atoms with Gasteiger partial charge in [0.2, 0.25) is 5.91 Å². The van der Waals surface area contributed by atoms with Crippen LogP contribution in [0.25, 0.3) is 0 Å². The molecular weight excluding hydrogens is 352 g/mol. The molecule has 2 saturated heterocycles. The van der Waals surface area contributed by atoms with E-state index in [-0.39, 0.29) is 5.91 Å². The molecule has 7 heteroatoms. The van der Waals surface area contributed by atoms with E-state index in [1.165, 1.54) is 0 Å². The van der Waals surface area contributed by atoms with Crippen molar-refractivity contribution in [2.75, 3.05) is 68.7 Å². The molecule has 0 radical (unpaired) electrons. The van der Waals surface area contributed by atoms with Crippen molar-refractivity contribution in [2.45, 2.75) is 6.42 Å². The van der Waals surface area contributed by atoms with Crippen molar-refractivity contribution in [1.82, 2.24) is 19.8 Å². The summed E-state index contributed by atoms with van der Waals surface area (Å²) in [5.41, 5.74) is 0. The van der Waals surface area contributed by atoms with Crippen LogP contribution in [0.1, 0.15) is 6.42 Å². The molecule has 2 aromatic heterocycles. The van der Waals surface area contributed by atoms with Crippen molar-refractivity contribution >= 4 is 17.5 Å². The summed E-state index contributed by atoms with van der Waals surface area (Å²) in [5.74, 6) is 2.27. The zero-order chi connectivity index (χ0) is 19.2. The van der Waals surface area contributed by atoms with Crippen molar-refractivity contribution < 1.29 is 4.79 Å². The number of aromatic nitrogens is 2. The molecule has 28 heavy (non-hydrogen) atoms. The van der Waals surface area contributed by atoms with Crippen molar-refractivity contribution in [3.05, 3.63) is 48.8 Å². The number of anilines is 2. The zero-order valence-corrected chi connectivity index (χ0v) is 16.3. The molecule has 2 aliphatic heterocycles. The summed E-state index contributed by atoms with van der Waals surface area (Å²) in [4.78, 5) is 30.5. The van der Waals surface area contributed by atoms with Gasteiger partial charge in [-0.1, -0.05) is 12.1 Å². The van der Waals surface area contributed by atoms with Crippen molar-refractivity contribution in [3.8, 4) is 0 Å². The Morgan fingerprint density at radius 3 is 1.96 bits per heavy atom. The van der Waals surface area contributed by atoms with Gasteiger partial charge in [-0.2, -0.15) is 0 Å². The van der Waals surface area contributed by atoms with Gasteiger partial charge in [-0.05, 0) is 30.7 Å². The first-order valence-electron chi connectivity index (χ1n) is 10.1. The normalized spacial score (nSPS) is 18.8. The van der Waals surface area contributed by atoms with E-state index >= 15 is 0 Å². The van der Waals surface area contributed by atoms with Crippen LogP contribution in [0.3, 0.4) is 0 Å². The summed E-state index contributed by atoms with van der Waals surface area (Å²) in [6, 6.07) is 12.0. The van der Waals surface area contributed by atoms with Gasteiger partial charge in [0.1, 0.15) is 11.6 Å². The SMILES string of the molecule is O=C(CN1CCCN(c2ccccn2)CC1)N1CCN(c2ccccn2)CC1. The molecule has 4 rings (SSSR count). The lowest BCUT2D eigenvalue weighted by Crippen LogP contribution is -2.51. The molecule has 148 valence electrons. The molecule has 2 aliphatic rings. The molecule has 0 bridgehead atoms. The molecule has 0 atom stereocenters. The molecule has 7 nitrogen and oxygen atoms in total. The fraction of sp³-hybridized carbons (Fsp3) is 0.476. The Hall–Kier alpha value is -2.67. The fourth-order valence-electron chi connectivity index (χ4n) is 3.92. The van der Waals surface area contributed by atoms with Gasteiger partial charge >= 0.3 is 0 Å². The number of hydrogen-bond acceptors (Lipinski definition) is 6. The van der Waals surface area contributed by atoms with E-state index in [1.54, 1.807) is 0 Å². The second kappa shape index (κ2) is 9.01. The minimum atomic E-state index is 0.243. The van der Waals surface area contributed by atoms with Gasteiger partial charge in [-0.3, -0.25) is 9.69 Å². The highest BCUT2D eigenvalue weighted by molar-refractivity contribution is 5.78.